The topological polar surface area (TPSA) is 55.6 Å². The Labute approximate surface area is 213 Å². The van der Waals surface area contributed by atoms with Crippen molar-refractivity contribution in [3.63, 3.8) is 0 Å². The zero-order chi connectivity index (χ0) is 24.2. The van der Waals surface area contributed by atoms with Gasteiger partial charge in [-0.15, -0.1) is 0 Å². The van der Waals surface area contributed by atoms with E-state index in [1.165, 1.54) is 16.9 Å². The highest BCUT2D eigenvalue weighted by Crippen LogP contribution is 2.33. The van der Waals surface area contributed by atoms with Crippen LogP contribution in [0.5, 0.6) is 0 Å². The molecule has 1 N–H and O–H groups in total. The first-order valence-electron chi connectivity index (χ1n) is 11.7. The van der Waals surface area contributed by atoms with Crippen LogP contribution in [0.4, 0.5) is 10.7 Å². The van der Waals surface area contributed by atoms with Crippen LogP contribution in [0.1, 0.15) is 28.8 Å². The highest BCUT2D eigenvalue weighted by molar-refractivity contribution is 7.14. The van der Waals surface area contributed by atoms with E-state index < -0.39 is 0 Å². The number of benzene rings is 3. The predicted molar refractivity (Wildman–Crippen MR) is 143 cm³/mol. The summed E-state index contributed by atoms with van der Waals surface area (Å²) in [6.07, 6.45) is 2.18. The number of hydrogen-bond acceptors (Lipinski definition) is 4. The lowest BCUT2D eigenvalue weighted by Crippen LogP contribution is -2.24. The maximum atomic E-state index is 13.2. The zero-order valence-electron chi connectivity index (χ0n) is 19.4. The molecule has 0 saturated carbocycles. The molecule has 35 heavy (non-hydrogen) atoms. The van der Waals surface area contributed by atoms with Crippen molar-refractivity contribution in [1.29, 1.82) is 0 Å². The monoisotopic (exact) mass is 503 g/mol. The molecule has 2 heterocycles. The Morgan fingerprint density at radius 2 is 1.83 bits per heavy atom. The van der Waals surface area contributed by atoms with Gasteiger partial charge in [0.25, 0.3) is 5.91 Å². The van der Waals surface area contributed by atoms with E-state index >= 15 is 0 Å². The number of rotatable bonds is 6. The maximum absolute atomic E-state index is 13.2. The lowest BCUT2D eigenvalue weighted by Gasteiger charge is -2.15. The molecule has 1 aliphatic heterocycles. The van der Waals surface area contributed by atoms with Gasteiger partial charge in [0.15, 0.2) is 4.80 Å². The van der Waals surface area contributed by atoms with Gasteiger partial charge in [-0.2, -0.15) is 0 Å². The Bertz CT molecular complexity index is 1370. The molecule has 1 aliphatic rings. The van der Waals surface area contributed by atoms with Gasteiger partial charge in [0, 0.05) is 22.8 Å². The van der Waals surface area contributed by atoms with Gasteiger partial charge in [-0.1, -0.05) is 71.0 Å². The molecular formula is C28H26ClN3O2S. The van der Waals surface area contributed by atoms with Crippen molar-refractivity contribution in [3.8, 4) is 11.3 Å². The molecule has 4 aromatic rings. The van der Waals surface area contributed by atoms with E-state index in [0.717, 1.165) is 46.2 Å². The summed E-state index contributed by atoms with van der Waals surface area (Å²) in [5, 5.41) is 4.49. The van der Waals surface area contributed by atoms with E-state index in [4.69, 9.17) is 21.3 Å². The van der Waals surface area contributed by atoms with Crippen LogP contribution in [0, 0.1) is 6.92 Å². The number of amides is 1. The second kappa shape index (κ2) is 10.6. The smallest absolute Gasteiger partial charge is 0.256 e. The second-order valence-corrected chi connectivity index (χ2v) is 10.00. The number of carbonyl (C=O) groups is 1. The molecule has 1 atom stereocenters. The number of anilines is 1. The van der Waals surface area contributed by atoms with E-state index in [1.807, 2.05) is 30.3 Å². The summed E-state index contributed by atoms with van der Waals surface area (Å²) in [6, 6.07) is 25.1. The number of halogens is 1. The second-order valence-electron chi connectivity index (χ2n) is 8.58. The van der Waals surface area contributed by atoms with Crippen LogP contribution in [0.25, 0.3) is 11.3 Å². The summed E-state index contributed by atoms with van der Waals surface area (Å²) in [5.74, 6) is -0.188. The third-order valence-corrected chi connectivity index (χ3v) is 7.20. The number of nitrogens with zero attached hydrogens (tertiary/aromatic N) is 2. The molecule has 1 saturated heterocycles. The van der Waals surface area contributed by atoms with Crippen LogP contribution in [0.3, 0.4) is 0 Å². The van der Waals surface area contributed by atoms with Crippen molar-refractivity contribution in [1.82, 2.24) is 4.57 Å². The minimum atomic E-state index is -0.188. The largest absolute Gasteiger partial charge is 0.376 e. The van der Waals surface area contributed by atoms with Crippen LogP contribution in [0.15, 0.2) is 83.9 Å². The molecule has 0 spiro atoms. The first-order chi connectivity index (χ1) is 17.1. The fourth-order valence-electron chi connectivity index (χ4n) is 4.13. The fraction of sp³-hybridized carbons (Fsp3) is 0.214. The molecule has 1 amide bonds. The van der Waals surface area contributed by atoms with Crippen LogP contribution < -0.4 is 10.1 Å². The van der Waals surface area contributed by atoms with Crippen molar-refractivity contribution in [2.45, 2.75) is 32.4 Å². The van der Waals surface area contributed by atoms with Gasteiger partial charge in [-0.3, -0.25) is 4.79 Å². The quantitative estimate of drug-likeness (QED) is 0.313. The zero-order valence-corrected chi connectivity index (χ0v) is 21.0. The Balaban J connectivity index is 1.65. The number of ether oxygens (including phenoxy) is 1. The minimum absolute atomic E-state index is 0.114. The lowest BCUT2D eigenvalue weighted by atomic mass is 10.1. The standard InChI is InChI=1S/C28H26ClN3O2S/c1-19-9-11-20(12-10-19)25-27(31-26(33)21-13-15-22(29)16-14-21)35-28(30-23-6-3-2-4-7-23)32(25)18-24-8-5-17-34-24/h2-4,6-7,9-16,24H,5,8,17-18H2,1H3,(H,31,33)/t24-/m0/s1. The Kier molecular flexibility index (Phi) is 7.13. The summed E-state index contributed by atoms with van der Waals surface area (Å²) in [7, 11) is 0. The normalized spacial score (nSPS) is 15.9. The minimum Gasteiger partial charge on any atom is -0.376 e. The van der Waals surface area contributed by atoms with Crippen LogP contribution >= 0.6 is 22.9 Å². The summed E-state index contributed by atoms with van der Waals surface area (Å²) in [4.78, 5) is 18.9. The molecule has 178 valence electrons. The van der Waals surface area contributed by atoms with E-state index in [2.05, 4.69) is 41.1 Å². The van der Waals surface area contributed by atoms with Crippen LogP contribution in [-0.4, -0.2) is 23.2 Å². The molecule has 7 heteroatoms. The third-order valence-electron chi connectivity index (χ3n) is 5.96. The molecule has 0 radical (unpaired) electrons. The molecule has 5 rings (SSSR count). The van der Waals surface area contributed by atoms with Gasteiger partial charge < -0.3 is 14.6 Å². The van der Waals surface area contributed by atoms with Gasteiger partial charge in [0.05, 0.1) is 24.0 Å². The molecule has 1 aromatic heterocycles. The molecule has 0 unspecified atom stereocenters. The Morgan fingerprint density at radius 3 is 2.51 bits per heavy atom. The SMILES string of the molecule is Cc1ccc(-c2c(NC(=O)c3ccc(Cl)cc3)sc(=Nc3ccccc3)n2C[C@@H]2CCCO2)cc1. The van der Waals surface area contributed by atoms with Crippen molar-refractivity contribution < 1.29 is 9.53 Å². The van der Waals surface area contributed by atoms with E-state index in [9.17, 15) is 4.79 Å². The predicted octanol–water partition coefficient (Wildman–Crippen LogP) is 6.84. The van der Waals surface area contributed by atoms with Gasteiger partial charge in [-0.25, -0.2) is 4.99 Å². The van der Waals surface area contributed by atoms with Crippen molar-refractivity contribution in [2.75, 3.05) is 11.9 Å². The third kappa shape index (κ3) is 5.56. The summed E-state index contributed by atoms with van der Waals surface area (Å²) in [6.45, 7) is 3.51. The van der Waals surface area contributed by atoms with E-state index in [-0.39, 0.29) is 12.0 Å². The number of aromatic nitrogens is 1. The Hall–Kier alpha value is -3.19. The lowest BCUT2D eigenvalue weighted by molar-refractivity contribution is 0.0968. The van der Waals surface area contributed by atoms with Gasteiger partial charge in [0.2, 0.25) is 0 Å². The molecule has 0 bridgehead atoms. The number of para-hydroxylation sites is 1. The fourth-order valence-corrected chi connectivity index (χ4v) is 5.33. The van der Waals surface area contributed by atoms with E-state index in [0.29, 0.717) is 17.1 Å². The average Bonchev–Trinajstić information content (AvgIpc) is 3.49. The van der Waals surface area contributed by atoms with Crippen LogP contribution in [0.2, 0.25) is 5.02 Å². The first kappa shape index (κ1) is 23.5. The maximum Gasteiger partial charge on any atom is 0.256 e. The highest BCUT2D eigenvalue weighted by atomic mass is 35.5. The summed E-state index contributed by atoms with van der Waals surface area (Å²) in [5.41, 5.74) is 4.54. The number of aryl methyl sites for hydroxylation is 1. The first-order valence-corrected chi connectivity index (χ1v) is 12.9. The van der Waals surface area contributed by atoms with Gasteiger partial charge >= 0.3 is 0 Å². The van der Waals surface area contributed by atoms with Gasteiger partial charge in [0.1, 0.15) is 5.00 Å². The van der Waals surface area contributed by atoms with Crippen molar-refractivity contribution >= 4 is 39.5 Å². The molecular weight excluding hydrogens is 478 g/mol. The van der Waals surface area contributed by atoms with Crippen molar-refractivity contribution in [3.05, 3.63) is 99.8 Å². The highest BCUT2D eigenvalue weighted by Gasteiger charge is 2.23. The Morgan fingerprint density at radius 1 is 1.09 bits per heavy atom. The number of carbonyl (C=O) groups excluding carboxylic acids is 1. The van der Waals surface area contributed by atoms with E-state index in [1.54, 1.807) is 24.3 Å². The molecule has 5 nitrogen and oxygen atoms in total. The summed E-state index contributed by atoms with van der Waals surface area (Å²) >= 11 is 7.49. The van der Waals surface area contributed by atoms with Crippen molar-refractivity contribution in [2.24, 2.45) is 4.99 Å². The number of thiazole rings is 1. The average molecular weight is 504 g/mol. The number of nitrogens with one attached hydrogen (secondary N) is 1. The molecule has 3 aromatic carbocycles. The summed E-state index contributed by atoms with van der Waals surface area (Å²) < 4.78 is 8.18. The van der Waals surface area contributed by atoms with Gasteiger partial charge in [-0.05, 0) is 56.2 Å². The molecule has 0 aliphatic carbocycles. The van der Waals surface area contributed by atoms with Crippen LogP contribution in [-0.2, 0) is 11.3 Å². The molecule has 1 fully saturated rings. The number of hydrogen-bond donors (Lipinski definition) is 1.